The number of halogens is 1. The van der Waals surface area contributed by atoms with Crippen LogP contribution in [0.25, 0.3) is 10.9 Å². The molecule has 1 aromatic heterocycles. The van der Waals surface area contributed by atoms with Gasteiger partial charge in [0.25, 0.3) is 5.91 Å². The molecule has 1 saturated heterocycles. The maximum Gasteiger partial charge on any atom is 0.270 e. The van der Waals surface area contributed by atoms with E-state index < -0.39 is 0 Å². The lowest BCUT2D eigenvalue weighted by Crippen LogP contribution is -2.51. The van der Waals surface area contributed by atoms with Gasteiger partial charge in [0, 0.05) is 21.9 Å². The summed E-state index contributed by atoms with van der Waals surface area (Å²) in [7, 11) is 0. The minimum atomic E-state index is 0.0996. The molecule has 1 aromatic carbocycles. The van der Waals surface area contributed by atoms with Crippen molar-refractivity contribution < 1.29 is 9.53 Å². The molecule has 2 heterocycles. The van der Waals surface area contributed by atoms with Crippen LogP contribution in [0.5, 0.6) is 0 Å². The highest BCUT2D eigenvalue weighted by Crippen LogP contribution is 2.31. The molecule has 0 unspecified atom stereocenters. The molecule has 4 rings (SSSR count). The van der Waals surface area contributed by atoms with Crippen molar-refractivity contribution in [1.29, 1.82) is 0 Å². The zero-order valence-electron chi connectivity index (χ0n) is 11.6. The monoisotopic (exact) mass is 348 g/mol. The van der Waals surface area contributed by atoms with Gasteiger partial charge in [-0.25, -0.2) is 0 Å². The Labute approximate surface area is 131 Å². The number of carbonyl (C=O) groups excluding carboxylic acids is 1. The largest absolute Gasteiger partial charge is 0.374 e. The Bertz CT molecular complexity index is 697. The van der Waals surface area contributed by atoms with Crippen molar-refractivity contribution in [2.75, 3.05) is 13.2 Å². The first-order valence-electron chi connectivity index (χ1n) is 7.43. The number of hydrogen-bond acceptors (Lipinski definition) is 2. The summed E-state index contributed by atoms with van der Waals surface area (Å²) in [6.45, 7) is 1.34. The van der Waals surface area contributed by atoms with Crippen molar-refractivity contribution in [3.05, 3.63) is 34.4 Å². The first-order valence-corrected chi connectivity index (χ1v) is 8.22. The van der Waals surface area contributed by atoms with Crippen LogP contribution in [0, 0.1) is 0 Å². The second kappa shape index (κ2) is 5.14. The summed E-state index contributed by atoms with van der Waals surface area (Å²) < 4.78 is 6.81. The van der Waals surface area contributed by atoms with Crippen LogP contribution in [0.2, 0.25) is 0 Å². The van der Waals surface area contributed by atoms with Crippen molar-refractivity contribution in [2.24, 2.45) is 0 Å². The van der Waals surface area contributed by atoms with Gasteiger partial charge >= 0.3 is 0 Å². The molecule has 5 heteroatoms. The molecule has 4 nitrogen and oxygen atoms in total. The highest BCUT2D eigenvalue weighted by molar-refractivity contribution is 9.10. The molecule has 2 aromatic rings. The normalized spacial score (nSPS) is 25.3. The Hall–Kier alpha value is -1.33. The summed E-state index contributed by atoms with van der Waals surface area (Å²) in [5.41, 5.74) is 1.67. The van der Waals surface area contributed by atoms with Gasteiger partial charge in [-0.2, -0.15) is 0 Å². The van der Waals surface area contributed by atoms with E-state index in [9.17, 15) is 4.79 Å². The van der Waals surface area contributed by atoms with Crippen LogP contribution in [-0.2, 0) is 4.74 Å². The summed E-state index contributed by atoms with van der Waals surface area (Å²) in [5.74, 6) is 0.0996. The van der Waals surface area contributed by atoms with E-state index in [1.54, 1.807) is 0 Å². The predicted molar refractivity (Wildman–Crippen MR) is 84.4 cm³/mol. The van der Waals surface area contributed by atoms with Crippen molar-refractivity contribution in [2.45, 2.75) is 31.4 Å². The van der Waals surface area contributed by atoms with Crippen LogP contribution >= 0.6 is 15.9 Å². The highest BCUT2D eigenvalue weighted by atomic mass is 79.9. The van der Waals surface area contributed by atoms with Gasteiger partial charge in [-0.15, -0.1) is 0 Å². The van der Waals surface area contributed by atoms with Crippen LogP contribution in [0.1, 0.15) is 29.8 Å². The van der Waals surface area contributed by atoms with Gasteiger partial charge in [0.15, 0.2) is 0 Å². The molecule has 1 saturated carbocycles. The van der Waals surface area contributed by atoms with Gasteiger partial charge < -0.3 is 14.6 Å². The molecule has 1 N–H and O–H groups in total. The van der Waals surface area contributed by atoms with Gasteiger partial charge in [0.1, 0.15) is 5.69 Å². The summed E-state index contributed by atoms with van der Waals surface area (Å²) in [6, 6.07) is 8.20. The average Bonchev–Trinajstić information content (AvgIpc) is 3.11. The van der Waals surface area contributed by atoms with Crippen LogP contribution in [0.15, 0.2) is 28.7 Å². The number of aromatic amines is 1. The van der Waals surface area contributed by atoms with E-state index >= 15 is 0 Å². The number of nitrogens with one attached hydrogen (secondary N) is 1. The van der Waals surface area contributed by atoms with Crippen molar-refractivity contribution in [3.8, 4) is 0 Å². The third kappa shape index (κ3) is 2.28. The molecule has 110 valence electrons. The number of carbonyl (C=O) groups is 1. The van der Waals surface area contributed by atoms with Crippen LogP contribution < -0.4 is 0 Å². The number of amides is 1. The van der Waals surface area contributed by atoms with E-state index in [0.717, 1.165) is 34.6 Å². The Morgan fingerprint density at radius 3 is 3.14 bits per heavy atom. The maximum atomic E-state index is 12.8. The zero-order valence-corrected chi connectivity index (χ0v) is 13.2. The summed E-state index contributed by atoms with van der Waals surface area (Å²) in [5, 5.41) is 1.06. The lowest BCUT2D eigenvalue weighted by Gasteiger charge is -2.37. The number of ether oxygens (including phenoxy) is 1. The molecule has 2 fully saturated rings. The van der Waals surface area contributed by atoms with Crippen LogP contribution in [0.4, 0.5) is 0 Å². The molecule has 21 heavy (non-hydrogen) atoms. The maximum absolute atomic E-state index is 12.8. The minimum absolute atomic E-state index is 0.0996. The molecular weight excluding hydrogens is 332 g/mol. The standard InChI is InChI=1S/C16H17BrN2O2/c17-11-4-5-12-10(8-11)9-13(18-12)16(20)19-6-7-21-15-3-1-2-14(15)19/h4-5,8-9,14-15,18H,1-3,6-7H2/t14-,15-/m0/s1. The molecule has 0 radical (unpaired) electrons. The first-order chi connectivity index (χ1) is 10.2. The van der Waals surface area contributed by atoms with E-state index in [1.807, 2.05) is 29.2 Å². The van der Waals surface area contributed by atoms with Gasteiger partial charge in [0.05, 0.1) is 18.8 Å². The number of morpholine rings is 1. The van der Waals surface area contributed by atoms with Crippen molar-refractivity contribution in [3.63, 3.8) is 0 Å². The Morgan fingerprint density at radius 1 is 1.33 bits per heavy atom. The Balaban J connectivity index is 1.66. The number of benzene rings is 1. The lowest BCUT2D eigenvalue weighted by molar-refractivity contribution is -0.0446. The van der Waals surface area contributed by atoms with Crippen molar-refractivity contribution >= 4 is 32.7 Å². The predicted octanol–water partition coefficient (Wildman–Crippen LogP) is 3.32. The second-order valence-corrected chi connectivity index (χ2v) is 6.74. The summed E-state index contributed by atoms with van der Waals surface area (Å²) in [6.07, 6.45) is 3.52. The van der Waals surface area contributed by atoms with Gasteiger partial charge in [-0.05, 0) is 43.5 Å². The van der Waals surface area contributed by atoms with E-state index in [0.29, 0.717) is 18.8 Å². The minimum Gasteiger partial charge on any atom is -0.374 e. The van der Waals surface area contributed by atoms with Gasteiger partial charge in [-0.3, -0.25) is 4.79 Å². The summed E-state index contributed by atoms with van der Waals surface area (Å²) >= 11 is 3.47. The molecule has 1 amide bonds. The molecule has 2 atom stereocenters. The van der Waals surface area contributed by atoms with E-state index in [-0.39, 0.29) is 18.1 Å². The third-order valence-corrected chi connectivity index (χ3v) is 5.05. The summed E-state index contributed by atoms with van der Waals surface area (Å²) in [4.78, 5) is 18.1. The SMILES string of the molecule is O=C(c1cc2cc(Br)ccc2[nH]1)N1CCO[C@H]2CCC[C@@H]21. The second-order valence-electron chi connectivity index (χ2n) is 5.82. The smallest absolute Gasteiger partial charge is 0.270 e. The number of nitrogens with zero attached hydrogens (tertiary/aromatic N) is 1. The van der Waals surface area contributed by atoms with Crippen LogP contribution in [-0.4, -0.2) is 41.1 Å². The number of aromatic nitrogens is 1. The van der Waals surface area contributed by atoms with E-state index in [2.05, 4.69) is 20.9 Å². The number of hydrogen-bond donors (Lipinski definition) is 1. The van der Waals surface area contributed by atoms with E-state index in [4.69, 9.17) is 4.74 Å². The quantitative estimate of drug-likeness (QED) is 0.859. The number of fused-ring (bicyclic) bond motifs is 2. The van der Waals surface area contributed by atoms with Gasteiger partial charge in [-0.1, -0.05) is 15.9 Å². The fourth-order valence-electron chi connectivity index (χ4n) is 3.55. The third-order valence-electron chi connectivity index (χ3n) is 4.56. The molecule has 1 aliphatic heterocycles. The fraction of sp³-hybridized carbons (Fsp3) is 0.438. The number of rotatable bonds is 1. The first kappa shape index (κ1) is 13.3. The molecular formula is C16H17BrN2O2. The molecule has 0 spiro atoms. The van der Waals surface area contributed by atoms with E-state index in [1.165, 1.54) is 0 Å². The topological polar surface area (TPSA) is 45.3 Å². The van der Waals surface area contributed by atoms with Crippen LogP contribution in [0.3, 0.4) is 0 Å². The fourth-order valence-corrected chi connectivity index (χ4v) is 3.93. The average molecular weight is 349 g/mol. The highest BCUT2D eigenvalue weighted by Gasteiger charge is 2.38. The molecule has 0 bridgehead atoms. The lowest BCUT2D eigenvalue weighted by atomic mass is 10.1. The zero-order chi connectivity index (χ0) is 14.4. The molecule has 2 aliphatic rings. The van der Waals surface area contributed by atoms with Gasteiger partial charge in [0.2, 0.25) is 0 Å². The van der Waals surface area contributed by atoms with Crippen molar-refractivity contribution in [1.82, 2.24) is 9.88 Å². The number of H-pyrrole nitrogens is 1. The molecule has 1 aliphatic carbocycles. The Morgan fingerprint density at radius 2 is 2.24 bits per heavy atom. The Kier molecular flexibility index (Phi) is 3.27.